The maximum absolute atomic E-state index is 11.2. The smallest absolute Gasteiger partial charge is 0.305 e. The summed E-state index contributed by atoms with van der Waals surface area (Å²) in [7, 11) is 0. The van der Waals surface area contributed by atoms with E-state index >= 15 is 0 Å². The molecule has 0 amide bonds. The lowest BCUT2D eigenvalue weighted by Crippen LogP contribution is -2.13. The van der Waals surface area contributed by atoms with Crippen LogP contribution in [0.15, 0.2) is 48.6 Å². The predicted octanol–water partition coefficient (Wildman–Crippen LogP) is 5.63. The second-order valence-electron chi connectivity index (χ2n) is 5.99. The minimum atomic E-state index is -0.152. The molecule has 0 unspecified atom stereocenters. The number of hydrogen-bond acceptors (Lipinski definition) is 3. The topological polar surface area (TPSA) is 52.3 Å². The third-order valence-corrected chi connectivity index (χ3v) is 3.59. The Morgan fingerprint density at radius 2 is 1.32 bits per heavy atom. The zero-order valence-corrected chi connectivity index (χ0v) is 16.0. The molecule has 0 aliphatic heterocycles. The van der Waals surface area contributed by atoms with Gasteiger partial charge in [-0.25, -0.2) is 0 Å². The summed E-state index contributed by atoms with van der Waals surface area (Å²) >= 11 is 0. The van der Waals surface area contributed by atoms with Crippen LogP contribution in [0.25, 0.3) is 0 Å². The molecule has 0 saturated carbocycles. The number of esters is 1. The van der Waals surface area contributed by atoms with Gasteiger partial charge in [-0.05, 0) is 44.9 Å². The van der Waals surface area contributed by atoms with Crippen LogP contribution in [0.4, 0.5) is 0 Å². The number of carbonyl (C=O) groups is 1. The van der Waals surface area contributed by atoms with Gasteiger partial charge in [0, 0.05) is 13.0 Å². The summed E-state index contributed by atoms with van der Waals surface area (Å²) in [4.78, 5) is 11.2. The third kappa shape index (κ3) is 20.3. The summed E-state index contributed by atoms with van der Waals surface area (Å²) in [6.45, 7) is 2.95. The molecule has 0 spiro atoms. The van der Waals surface area contributed by atoms with Crippen LogP contribution in [-0.4, -0.2) is 19.1 Å². The highest BCUT2D eigenvalue weighted by atomic mass is 16.5. The SMILES string of the molecule is CCCCC/C=C/C/C=C/C/C=C\C/C=C\CCCC(=O)OCCN. The monoisotopic (exact) mass is 347 g/mol. The summed E-state index contributed by atoms with van der Waals surface area (Å²) < 4.78 is 4.91. The van der Waals surface area contributed by atoms with Gasteiger partial charge in [0.1, 0.15) is 6.61 Å². The third-order valence-electron chi connectivity index (χ3n) is 3.59. The first-order valence-electron chi connectivity index (χ1n) is 9.77. The molecule has 0 aliphatic rings. The van der Waals surface area contributed by atoms with Crippen molar-refractivity contribution in [2.75, 3.05) is 13.2 Å². The molecule has 0 fully saturated rings. The number of nitrogens with two attached hydrogens (primary N) is 1. The van der Waals surface area contributed by atoms with Gasteiger partial charge >= 0.3 is 5.97 Å². The maximum Gasteiger partial charge on any atom is 0.305 e. The van der Waals surface area contributed by atoms with Crippen molar-refractivity contribution in [3.8, 4) is 0 Å². The number of unbranched alkanes of at least 4 members (excludes halogenated alkanes) is 4. The zero-order valence-electron chi connectivity index (χ0n) is 16.0. The van der Waals surface area contributed by atoms with Crippen molar-refractivity contribution in [1.29, 1.82) is 0 Å². The first kappa shape index (κ1) is 23.4. The van der Waals surface area contributed by atoms with Crippen LogP contribution in [0.3, 0.4) is 0 Å². The summed E-state index contributed by atoms with van der Waals surface area (Å²) in [6.07, 6.45) is 27.9. The first-order chi connectivity index (χ1) is 12.3. The Morgan fingerprint density at radius 1 is 0.800 bits per heavy atom. The van der Waals surface area contributed by atoms with Crippen LogP contribution in [0, 0.1) is 0 Å². The molecule has 0 aliphatic carbocycles. The van der Waals surface area contributed by atoms with Gasteiger partial charge in [0.2, 0.25) is 0 Å². The van der Waals surface area contributed by atoms with Crippen molar-refractivity contribution in [2.45, 2.75) is 71.1 Å². The molecule has 0 aromatic rings. The molecule has 3 nitrogen and oxygen atoms in total. The van der Waals surface area contributed by atoms with Gasteiger partial charge in [-0.3, -0.25) is 4.79 Å². The molecule has 3 heteroatoms. The number of carbonyl (C=O) groups excluding carboxylic acids is 1. The molecule has 0 aromatic carbocycles. The van der Waals surface area contributed by atoms with Crippen LogP contribution < -0.4 is 5.73 Å². The fraction of sp³-hybridized carbons (Fsp3) is 0.591. The average molecular weight is 348 g/mol. The van der Waals surface area contributed by atoms with Gasteiger partial charge in [0.15, 0.2) is 0 Å². The summed E-state index contributed by atoms with van der Waals surface area (Å²) in [5, 5.41) is 0. The van der Waals surface area contributed by atoms with E-state index in [2.05, 4.69) is 55.5 Å². The lowest BCUT2D eigenvalue weighted by molar-refractivity contribution is -0.143. The van der Waals surface area contributed by atoms with E-state index in [0.29, 0.717) is 19.6 Å². The van der Waals surface area contributed by atoms with Crippen molar-refractivity contribution >= 4 is 5.97 Å². The minimum absolute atomic E-state index is 0.152. The van der Waals surface area contributed by atoms with E-state index < -0.39 is 0 Å². The largest absolute Gasteiger partial charge is 0.464 e. The second-order valence-corrected chi connectivity index (χ2v) is 5.99. The zero-order chi connectivity index (χ0) is 18.4. The van der Waals surface area contributed by atoms with E-state index in [-0.39, 0.29) is 5.97 Å². The van der Waals surface area contributed by atoms with Crippen LogP contribution >= 0.6 is 0 Å². The van der Waals surface area contributed by atoms with E-state index in [1.54, 1.807) is 0 Å². The molecule has 25 heavy (non-hydrogen) atoms. The fourth-order valence-corrected chi connectivity index (χ4v) is 2.17. The average Bonchev–Trinajstić information content (AvgIpc) is 2.62. The molecule has 0 rings (SSSR count). The summed E-state index contributed by atoms with van der Waals surface area (Å²) in [6, 6.07) is 0. The van der Waals surface area contributed by atoms with E-state index in [1.807, 2.05) is 0 Å². The highest BCUT2D eigenvalue weighted by molar-refractivity contribution is 5.69. The molecule has 0 bridgehead atoms. The normalized spacial score (nSPS) is 12.2. The molecule has 0 radical (unpaired) electrons. The van der Waals surface area contributed by atoms with Gasteiger partial charge < -0.3 is 10.5 Å². The Balaban J connectivity index is 3.44. The Hall–Kier alpha value is -1.61. The van der Waals surface area contributed by atoms with Crippen LogP contribution in [-0.2, 0) is 9.53 Å². The summed E-state index contributed by atoms with van der Waals surface area (Å²) in [5.41, 5.74) is 5.27. The van der Waals surface area contributed by atoms with Crippen molar-refractivity contribution in [2.24, 2.45) is 5.73 Å². The molecule has 2 N–H and O–H groups in total. The van der Waals surface area contributed by atoms with E-state index in [0.717, 1.165) is 32.1 Å². The Kier molecular flexibility index (Phi) is 19.1. The quantitative estimate of drug-likeness (QED) is 0.223. The van der Waals surface area contributed by atoms with E-state index in [1.165, 1.54) is 25.7 Å². The molecule has 0 heterocycles. The highest BCUT2D eigenvalue weighted by Crippen LogP contribution is 2.02. The fourth-order valence-electron chi connectivity index (χ4n) is 2.17. The number of rotatable bonds is 16. The van der Waals surface area contributed by atoms with Crippen LogP contribution in [0.1, 0.15) is 71.1 Å². The number of hydrogen-bond donors (Lipinski definition) is 1. The van der Waals surface area contributed by atoms with Crippen molar-refractivity contribution in [1.82, 2.24) is 0 Å². The van der Waals surface area contributed by atoms with Crippen molar-refractivity contribution < 1.29 is 9.53 Å². The van der Waals surface area contributed by atoms with Gasteiger partial charge in [-0.2, -0.15) is 0 Å². The lowest BCUT2D eigenvalue weighted by Gasteiger charge is -2.00. The number of allylic oxidation sites excluding steroid dienone is 8. The van der Waals surface area contributed by atoms with Crippen molar-refractivity contribution in [3.05, 3.63) is 48.6 Å². The molecule has 0 saturated heterocycles. The van der Waals surface area contributed by atoms with Gasteiger partial charge in [0.05, 0.1) is 0 Å². The molecular weight excluding hydrogens is 310 g/mol. The standard InChI is InChI=1S/C22H37NO2/c1-2-3-4-5-6-7-8-9-10-11-12-13-14-15-16-17-18-19-22(24)25-21-20-23/h6-7,9-10,12-13,15-16H,2-5,8,11,14,17-21,23H2,1H3/b7-6+,10-9+,13-12-,16-15-. The lowest BCUT2D eigenvalue weighted by atomic mass is 10.2. The molecule has 142 valence electrons. The predicted molar refractivity (Wildman–Crippen MR) is 108 cm³/mol. The summed E-state index contributed by atoms with van der Waals surface area (Å²) in [5.74, 6) is -0.152. The van der Waals surface area contributed by atoms with Crippen molar-refractivity contribution in [3.63, 3.8) is 0 Å². The van der Waals surface area contributed by atoms with E-state index in [4.69, 9.17) is 10.5 Å². The molecular formula is C22H37NO2. The second kappa shape index (κ2) is 20.4. The molecule has 0 atom stereocenters. The number of ether oxygens (including phenoxy) is 1. The Labute approximate surface area is 154 Å². The minimum Gasteiger partial charge on any atom is -0.464 e. The van der Waals surface area contributed by atoms with Gasteiger partial charge in [-0.15, -0.1) is 0 Å². The Bertz CT molecular complexity index is 408. The van der Waals surface area contributed by atoms with Crippen LogP contribution in [0.2, 0.25) is 0 Å². The first-order valence-corrected chi connectivity index (χ1v) is 9.77. The van der Waals surface area contributed by atoms with E-state index in [9.17, 15) is 4.79 Å². The molecule has 0 aromatic heterocycles. The Morgan fingerprint density at radius 3 is 1.84 bits per heavy atom. The van der Waals surface area contributed by atoms with Gasteiger partial charge in [0.25, 0.3) is 0 Å². The maximum atomic E-state index is 11.2. The highest BCUT2D eigenvalue weighted by Gasteiger charge is 1.99. The van der Waals surface area contributed by atoms with Gasteiger partial charge in [-0.1, -0.05) is 68.4 Å². The van der Waals surface area contributed by atoms with Crippen LogP contribution in [0.5, 0.6) is 0 Å².